The van der Waals surface area contributed by atoms with E-state index in [1.807, 2.05) is 0 Å². The smallest absolute Gasteiger partial charge is 0.253 e. The van der Waals surface area contributed by atoms with E-state index in [2.05, 4.69) is 5.10 Å². The third-order valence-electron chi connectivity index (χ3n) is 2.13. The fourth-order valence-electron chi connectivity index (χ4n) is 1.42. The van der Waals surface area contributed by atoms with Gasteiger partial charge in [-0.25, -0.2) is 13.2 Å². The molecule has 0 atom stereocenters. The van der Waals surface area contributed by atoms with Crippen LogP contribution in [-0.2, 0) is 4.79 Å². The summed E-state index contributed by atoms with van der Waals surface area (Å²) in [5.74, 6) is -4.01. The lowest BCUT2D eigenvalue weighted by Crippen LogP contribution is -2.21. The molecule has 1 aromatic rings. The van der Waals surface area contributed by atoms with Crippen LogP contribution < -0.4 is 5.01 Å². The maximum absolute atomic E-state index is 13.3. The minimum Gasteiger partial charge on any atom is -0.272 e. The topological polar surface area (TPSA) is 32.7 Å². The monoisotopic (exact) mass is 228 g/mol. The van der Waals surface area contributed by atoms with Crippen LogP contribution in [0.4, 0.5) is 18.9 Å². The van der Waals surface area contributed by atoms with Gasteiger partial charge in [-0.15, -0.1) is 0 Å². The van der Waals surface area contributed by atoms with Crippen molar-refractivity contribution in [3.63, 3.8) is 0 Å². The molecule has 0 saturated carbocycles. The third-order valence-corrected chi connectivity index (χ3v) is 2.13. The van der Waals surface area contributed by atoms with E-state index in [0.717, 1.165) is 5.01 Å². The normalized spacial score (nSPS) is 15.6. The summed E-state index contributed by atoms with van der Waals surface area (Å²) in [6.45, 7) is 1.59. The molecule has 84 valence electrons. The molecule has 1 aliphatic rings. The highest BCUT2D eigenvalue weighted by Crippen LogP contribution is 2.26. The van der Waals surface area contributed by atoms with Crippen LogP contribution >= 0.6 is 0 Å². The van der Waals surface area contributed by atoms with Gasteiger partial charge in [-0.2, -0.15) is 10.1 Å². The number of carbonyl (C=O) groups excluding carboxylic acids is 1. The summed E-state index contributed by atoms with van der Waals surface area (Å²) in [6, 6.07) is 1.01. The lowest BCUT2D eigenvalue weighted by molar-refractivity contribution is -0.116. The SMILES string of the molecule is CC1=NN(c2cc(F)c(F)cc2F)C(=O)C1. The van der Waals surface area contributed by atoms with Crippen molar-refractivity contribution in [2.75, 3.05) is 5.01 Å². The standard InChI is InChI=1S/C10H7F3N2O/c1-5-2-10(16)15(14-5)9-4-7(12)6(11)3-8(9)13/h3-4H,2H2,1H3. The Morgan fingerprint density at radius 2 is 1.81 bits per heavy atom. The molecule has 0 N–H and O–H groups in total. The Morgan fingerprint density at radius 3 is 2.38 bits per heavy atom. The van der Waals surface area contributed by atoms with E-state index in [-0.39, 0.29) is 12.1 Å². The van der Waals surface area contributed by atoms with Crippen molar-refractivity contribution in [2.45, 2.75) is 13.3 Å². The van der Waals surface area contributed by atoms with E-state index in [4.69, 9.17) is 0 Å². The van der Waals surface area contributed by atoms with Crippen LogP contribution in [0.2, 0.25) is 0 Å². The fraction of sp³-hybridized carbons (Fsp3) is 0.200. The Bertz CT molecular complexity index is 499. The molecule has 0 radical (unpaired) electrons. The number of nitrogens with zero attached hydrogens (tertiary/aromatic N) is 2. The van der Waals surface area contributed by atoms with Gasteiger partial charge in [0.05, 0.1) is 6.42 Å². The van der Waals surface area contributed by atoms with Gasteiger partial charge in [0, 0.05) is 17.8 Å². The number of hydrogen-bond acceptors (Lipinski definition) is 2. The molecule has 0 aromatic heterocycles. The molecule has 2 rings (SSSR count). The quantitative estimate of drug-likeness (QED) is 0.678. The minimum atomic E-state index is -1.30. The van der Waals surface area contributed by atoms with E-state index in [9.17, 15) is 18.0 Å². The number of benzene rings is 1. The van der Waals surface area contributed by atoms with E-state index >= 15 is 0 Å². The Morgan fingerprint density at radius 1 is 1.19 bits per heavy atom. The first kappa shape index (κ1) is 10.7. The molecule has 0 bridgehead atoms. The molecule has 3 nitrogen and oxygen atoms in total. The summed E-state index contributed by atoms with van der Waals surface area (Å²) in [5, 5.41) is 4.49. The zero-order valence-electron chi connectivity index (χ0n) is 8.30. The highest BCUT2D eigenvalue weighted by Gasteiger charge is 2.26. The van der Waals surface area contributed by atoms with E-state index in [0.29, 0.717) is 17.8 Å². The minimum absolute atomic E-state index is 0.0540. The van der Waals surface area contributed by atoms with Crippen molar-refractivity contribution >= 4 is 17.3 Å². The molecular formula is C10H7F3N2O. The lowest BCUT2D eigenvalue weighted by Gasteiger charge is -2.12. The summed E-state index contributed by atoms with van der Waals surface area (Å²) in [5.41, 5.74) is 0.120. The predicted octanol–water partition coefficient (Wildman–Crippen LogP) is 2.22. The summed E-state index contributed by atoms with van der Waals surface area (Å²) in [6.07, 6.45) is 0.0540. The van der Waals surface area contributed by atoms with E-state index < -0.39 is 23.4 Å². The number of hydrazone groups is 1. The zero-order valence-corrected chi connectivity index (χ0v) is 8.30. The van der Waals surface area contributed by atoms with Gasteiger partial charge in [-0.05, 0) is 6.92 Å². The van der Waals surface area contributed by atoms with Crippen molar-refractivity contribution in [1.29, 1.82) is 0 Å². The molecule has 1 heterocycles. The van der Waals surface area contributed by atoms with E-state index in [1.54, 1.807) is 6.92 Å². The van der Waals surface area contributed by atoms with Crippen LogP contribution in [0.25, 0.3) is 0 Å². The second kappa shape index (κ2) is 3.62. The molecule has 0 spiro atoms. The van der Waals surface area contributed by atoms with Crippen LogP contribution in [0.3, 0.4) is 0 Å². The number of carbonyl (C=O) groups is 1. The van der Waals surface area contributed by atoms with Crippen LogP contribution in [0.1, 0.15) is 13.3 Å². The van der Waals surface area contributed by atoms with Gasteiger partial charge in [-0.1, -0.05) is 0 Å². The number of amides is 1. The Hall–Kier alpha value is -1.85. The Labute approximate surface area is 89.2 Å². The van der Waals surface area contributed by atoms with Gasteiger partial charge in [0.1, 0.15) is 5.69 Å². The Balaban J connectivity index is 2.49. The van der Waals surface area contributed by atoms with Gasteiger partial charge < -0.3 is 0 Å². The largest absolute Gasteiger partial charge is 0.272 e. The van der Waals surface area contributed by atoms with Gasteiger partial charge in [0.15, 0.2) is 17.5 Å². The van der Waals surface area contributed by atoms with Gasteiger partial charge in [0.2, 0.25) is 0 Å². The fourth-order valence-corrected chi connectivity index (χ4v) is 1.42. The maximum Gasteiger partial charge on any atom is 0.253 e. The van der Waals surface area contributed by atoms with Crippen LogP contribution in [-0.4, -0.2) is 11.6 Å². The first-order chi connectivity index (χ1) is 7.49. The molecule has 1 aromatic carbocycles. The van der Waals surface area contributed by atoms with Crippen molar-refractivity contribution in [3.05, 3.63) is 29.6 Å². The second-order valence-corrected chi connectivity index (χ2v) is 3.44. The molecule has 0 unspecified atom stereocenters. The lowest BCUT2D eigenvalue weighted by atomic mass is 10.2. The molecule has 0 saturated heterocycles. The van der Waals surface area contributed by atoms with Crippen LogP contribution in [0.5, 0.6) is 0 Å². The third kappa shape index (κ3) is 1.66. The summed E-state index contributed by atoms with van der Waals surface area (Å²) in [4.78, 5) is 11.4. The number of anilines is 1. The first-order valence-corrected chi connectivity index (χ1v) is 4.50. The zero-order chi connectivity index (χ0) is 11.9. The average Bonchev–Trinajstić information content (AvgIpc) is 2.51. The van der Waals surface area contributed by atoms with E-state index in [1.165, 1.54) is 0 Å². The van der Waals surface area contributed by atoms with Crippen LogP contribution in [0.15, 0.2) is 17.2 Å². The van der Waals surface area contributed by atoms with Gasteiger partial charge in [0.25, 0.3) is 5.91 Å². The summed E-state index contributed by atoms with van der Waals surface area (Å²) in [7, 11) is 0. The van der Waals surface area contributed by atoms with Gasteiger partial charge in [-0.3, -0.25) is 4.79 Å². The number of hydrogen-bond donors (Lipinski definition) is 0. The second-order valence-electron chi connectivity index (χ2n) is 3.44. The highest BCUT2D eigenvalue weighted by molar-refractivity contribution is 6.12. The average molecular weight is 228 g/mol. The number of halogens is 3. The Kier molecular flexibility index (Phi) is 2.41. The van der Waals surface area contributed by atoms with Crippen molar-refractivity contribution < 1.29 is 18.0 Å². The molecular weight excluding hydrogens is 221 g/mol. The maximum atomic E-state index is 13.3. The molecule has 0 aliphatic carbocycles. The van der Waals surface area contributed by atoms with Crippen LogP contribution in [0, 0.1) is 17.5 Å². The molecule has 1 aliphatic heterocycles. The summed E-state index contributed by atoms with van der Waals surface area (Å²) < 4.78 is 38.9. The molecule has 1 amide bonds. The molecule has 6 heteroatoms. The van der Waals surface area contributed by atoms with Crippen molar-refractivity contribution in [2.24, 2.45) is 5.10 Å². The molecule has 0 fully saturated rings. The highest BCUT2D eigenvalue weighted by atomic mass is 19.2. The van der Waals surface area contributed by atoms with Crippen molar-refractivity contribution in [3.8, 4) is 0 Å². The molecule has 16 heavy (non-hydrogen) atoms. The predicted molar refractivity (Wildman–Crippen MR) is 51.5 cm³/mol. The first-order valence-electron chi connectivity index (χ1n) is 4.50. The van der Waals surface area contributed by atoms with Gasteiger partial charge >= 0.3 is 0 Å². The summed E-state index contributed by atoms with van der Waals surface area (Å²) >= 11 is 0. The van der Waals surface area contributed by atoms with Crippen molar-refractivity contribution in [1.82, 2.24) is 0 Å². The number of rotatable bonds is 1.